The molecule has 0 bridgehead atoms. The Kier molecular flexibility index (Phi) is 5.41. The molecule has 160 valence electrons. The first-order valence-electron chi connectivity index (χ1n) is 11.2. The van der Waals surface area contributed by atoms with Crippen molar-refractivity contribution in [1.82, 2.24) is 24.6 Å². The van der Waals surface area contributed by atoms with Crippen molar-refractivity contribution < 1.29 is 9.53 Å². The zero-order valence-corrected chi connectivity index (χ0v) is 17.7. The topological polar surface area (TPSA) is 76.4 Å². The Morgan fingerprint density at radius 3 is 2.80 bits per heavy atom. The second kappa shape index (κ2) is 8.34. The number of hydrogen-bond acceptors (Lipinski definition) is 6. The minimum atomic E-state index is -0.253. The molecule has 3 fully saturated rings. The normalized spacial score (nSPS) is 24.6. The fourth-order valence-electron chi connectivity index (χ4n) is 4.95. The molecule has 3 aliphatic heterocycles. The second-order valence-electron chi connectivity index (χ2n) is 8.66. The fourth-order valence-corrected chi connectivity index (χ4v) is 4.95. The quantitative estimate of drug-likeness (QED) is 0.770. The molecule has 0 N–H and O–H groups in total. The molecule has 3 saturated heterocycles. The van der Waals surface area contributed by atoms with Gasteiger partial charge in [-0.05, 0) is 44.6 Å². The Labute approximate surface area is 177 Å². The number of aryl methyl sites for hydroxylation is 1. The lowest BCUT2D eigenvalue weighted by Gasteiger charge is -2.33. The molecule has 0 radical (unpaired) electrons. The minimum Gasteiger partial charge on any atom is -0.368 e. The number of piperidine rings is 1. The number of rotatable bonds is 4. The predicted octanol–water partition coefficient (Wildman–Crippen LogP) is 2.36. The van der Waals surface area contributed by atoms with Gasteiger partial charge in [0.05, 0.1) is 11.4 Å². The summed E-state index contributed by atoms with van der Waals surface area (Å²) in [6, 6.07) is 1.97. The number of nitrogens with zero attached hydrogens (tertiary/aromatic N) is 6. The highest BCUT2D eigenvalue weighted by molar-refractivity contribution is 5.81. The predicted molar refractivity (Wildman–Crippen MR) is 113 cm³/mol. The van der Waals surface area contributed by atoms with Crippen LogP contribution in [0.3, 0.4) is 0 Å². The van der Waals surface area contributed by atoms with E-state index in [9.17, 15) is 4.79 Å². The van der Waals surface area contributed by atoms with Crippen LogP contribution >= 0.6 is 0 Å². The maximum Gasteiger partial charge on any atom is 0.251 e. The van der Waals surface area contributed by atoms with Gasteiger partial charge in [-0.15, -0.1) is 0 Å². The molecule has 0 aliphatic carbocycles. The van der Waals surface area contributed by atoms with Crippen LogP contribution in [0.2, 0.25) is 0 Å². The lowest BCUT2D eigenvalue weighted by molar-refractivity contribution is -0.142. The lowest BCUT2D eigenvalue weighted by Crippen LogP contribution is -2.44. The van der Waals surface area contributed by atoms with Crippen LogP contribution in [-0.4, -0.2) is 69.4 Å². The van der Waals surface area contributed by atoms with Crippen LogP contribution in [0.25, 0.3) is 11.3 Å². The summed E-state index contributed by atoms with van der Waals surface area (Å²) in [4.78, 5) is 26.5. The van der Waals surface area contributed by atoms with Crippen molar-refractivity contribution in [2.45, 2.75) is 50.5 Å². The Hall–Kier alpha value is -2.48. The summed E-state index contributed by atoms with van der Waals surface area (Å²) in [6.45, 7) is 4.25. The van der Waals surface area contributed by atoms with E-state index in [0.29, 0.717) is 13.2 Å². The molecule has 8 heteroatoms. The van der Waals surface area contributed by atoms with Crippen molar-refractivity contribution in [3.05, 3.63) is 24.2 Å². The second-order valence-corrected chi connectivity index (χ2v) is 8.66. The smallest absolute Gasteiger partial charge is 0.251 e. The molecule has 1 amide bonds. The number of hydrogen-bond donors (Lipinski definition) is 0. The first-order chi connectivity index (χ1) is 14.7. The molecule has 8 nitrogen and oxygen atoms in total. The number of amides is 1. The average Bonchev–Trinajstić information content (AvgIpc) is 3.55. The van der Waals surface area contributed by atoms with Gasteiger partial charge in [-0.25, -0.2) is 9.97 Å². The highest BCUT2D eigenvalue weighted by atomic mass is 16.5. The van der Waals surface area contributed by atoms with Gasteiger partial charge in [0.15, 0.2) is 0 Å². The van der Waals surface area contributed by atoms with Crippen LogP contribution in [0.5, 0.6) is 0 Å². The van der Waals surface area contributed by atoms with Gasteiger partial charge in [0, 0.05) is 63.7 Å². The third kappa shape index (κ3) is 3.80. The van der Waals surface area contributed by atoms with Gasteiger partial charge in [0.25, 0.3) is 5.91 Å². The lowest BCUT2D eigenvalue weighted by atomic mass is 9.91. The van der Waals surface area contributed by atoms with Gasteiger partial charge >= 0.3 is 0 Å². The third-order valence-electron chi connectivity index (χ3n) is 6.49. The molecule has 5 heterocycles. The van der Waals surface area contributed by atoms with E-state index < -0.39 is 0 Å². The molecule has 2 aromatic rings. The van der Waals surface area contributed by atoms with E-state index in [2.05, 4.69) is 9.88 Å². The molecule has 30 heavy (non-hydrogen) atoms. The maximum atomic E-state index is 12.9. The summed E-state index contributed by atoms with van der Waals surface area (Å²) in [5, 5.41) is 4.80. The van der Waals surface area contributed by atoms with Crippen molar-refractivity contribution in [3.63, 3.8) is 0 Å². The molecule has 0 aromatic carbocycles. The summed E-state index contributed by atoms with van der Waals surface area (Å²) >= 11 is 0. The van der Waals surface area contributed by atoms with Gasteiger partial charge in [0.2, 0.25) is 5.95 Å². The van der Waals surface area contributed by atoms with Crippen molar-refractivity contribution in [1.29, 1.82) is 0 Å². The van der Waals surface area contributed by atoms with Gasteiger partial charge in [-0.1, -0.05) is 0 Å². The third-order valence-corrected chi connectivity index (χ3v) is 6.49. The van der Waals surface area contributed by atoms with E-state index in [1.54, 1.807) is 0 Å². The number of anilines is 1. The summed E-state index contributed by atoms with van der Waals surface area (Å²) in [6.07, 6.45) is 9.88. The van der Waals surface area contributed by atoms with E-state index in [4.69, 9.17) is 14.8 Å². The highest BCUT2D eigenvalue weighted by Gasteiger charge is 2.33. The van der Waals surface area contributed by atoms with Crippen LogP contribution in [-0.2, 0) is 16.6 Å². The Bertz CT molecular complexity index is 901. The molecule has 5 rings (SSSR count). The first-order valence-corrected chi connectivity index (χ1v) is 11.2. The summed E-state index contributed by atoms with van der Waals surface area (Å²) in [5.74, 6) is 1.16. The summed E-state index contributed by atoms with van der Waals surface area (Å²) < 4.78 is 7.50. The number of likely N-dealkylation sites (tertiary alicyclic amines) is 1. The molecule has 0 saturated carbocycles. The van der Waals surface area contributed by atoms with Crippen LogP contribution in [0.15, 0.2) is 18.5 Å². The van der Waals surface area contributed by atoms with E-state index in [1.807, 2.05) is 35.1 Å². The van der Waals surface area contributed by atoms with E-state index in [0.717, 1.165) is 68.2 Å². The molecule has 3 aliphatic rings. The SMILES string of the molecule is Cn1cc(-c2ccnc(N3CCCC3)n2)c([C@@H]2CCCN(C(=O)[C@@H]3CCCO3)C2)n1. The van der Waals surface area contributed by atoms with Crippen LogP contribution in [0.4, 0.5) is 5.95 Å². The molecular weight excluding hydrogens is 380 g/mol. The van der Waals surface area contributed by atoms with Gasteiger partial charge in [-0.2, -0.15) is 5.10 Å². The highest BCUT2D eigenvalue weighted by Crippen LogP contribution is 2.34. The number of ether oxygens (including phenoxy) is 1. The minimum absolute atomic E-state index is 0.146. The van der Waals surface area contributed by atoms with Crippen molar-refractivity contribution in [2.24, 2.45) is 7.05 Å². The first kappa shape index (κ1) is 19.5. The molecular formula is C22H30N6O2. The molecule has 0 spiro atoms. The molecule has 2 aromatic heterocycles. The molecule has 0 unspecified atom stereocenters. The number of carbonyl (C=O) groups excluding carboxylic acids is 1. The van der Waals surface area contributed by atoms with Crippen molar-refractivity contribution in [2.75, 3.05) is 37.7 Å². The monoisotopic (exact) mass is 410 g/mol. The summed E-state index contributed by atoms with van der Waals surface area (Å²) in [7, 11) is 1.95. The van der Waals surface area contributed by atoms with E-state index in [1.165, 1.54) is 12.8 Å². The Morgan fingerprint density at radius 2 is 2.00 bits per heavy atom. The Balaban J connectivity index is 1.39. The van der Waals surface area contributed by atoms with Gasteiger partial charge < -0.3 is 14.5 Å². The zero-order valence-electron chi connectivity index (χ0n) is 17.7. The van der Waals surface area contributed by atoms with Gasteiger partial charge in [0.1, 0.15) is 6.10 Å². The van der Waals surface area contributed by atoms with E-state index in [-0.39, 0.29) is 17.9 Å². The van der Waals surface area contributed by atoms with E-state index >= 15 is 0 Å². The Morgan fingerprint density at radius 1 is 1.13 bits per heavy atom. The number of aromatic nitrogens is 4. The summed E-state index contributed by atoms with van der Waals surface area (Å²) in [5.41, 5.74) is 3.00. The van der Waals surface area contributed by atoms with Crippen molar-refractivity contribution >= 4 is 11.9 Å². The zero-order chi connectivity index (χ0) is 20.5. The fraction of sp³-hybridized carbons (Fsp3) is 0.636. The number of carbonyl (C=O) groups is 1. The van der Waals surface area contributed by atoms with Crippen molar-refractivity contribution in [3.8, 4) is 11.3 Å². The van der Waals surface area contributed by atoms with Gasteiger partial charge in [-0.3, -0.25) is 9.48 Å². The average molecular weight is 411 g/mol. The van der Waals surface area contributed by atoms with Crippen LogP contribution in [0, 0.1) is 0 Å². The van der Waals surface area contributed by atoms with Crippen LogP contribution < -0.4 is 4.90 Å². The largest absolute Gasteiger partial charge is 0.368 e. The van der Waals surface area contributed by atoms with Crippen LogP contribution in [0.1, 0.15) is 50.1 Å². The maximum absolute atomic E-state index is 12.9. The standard InChI is InChI=1S/C22H30N6O2/c1-26-15-17(18-8-9-23-22(24-18)27-10-2-3-11-27)20(25-26)16-6-4-12-28(14-16)21(29)19-7-5-13-30-19/h8-9,15-16,19H,2-7,10-14H2,1H3/t16-,19+/m1/s1. The molecule has 2 atom stereocenters.